The fourth-order valence-corrected chi connectivity index (χ4v) is 2.60. The Balaban J connectivity index is 2.21. The van der Waals surface area contributed by atoms with Crippen molar-refractivity contribution in [3.05, 3.63) is 70.8 Å². The van der Waals surface area contributed by atoms with E-state index in [2.05, 4.69) is 5.32 Å². The van der Waals surface area contributed by atoms with E-state index < -0.39 is 53.4 Å². The molecule has 2 N–H and O–H groups in total. The van der Waals surface area contributed by atoms with Gasteiger partial charge in [-0.1, -0.05) is 30.3 Å². The maximum atomic E-state index is 12.9. The van der Waals surface area contributed by atoms with Crippen molar-refractivity contribution >= 4 is 11.9 Å². The fourth-order valence-electron chi connectivity index (χ4n) is 2.60. The molecule has 0 saturated heterocycles. The molecule has 0 fully saturated rings. The van der Waals surface area contributed by atoms with Gasteiger partial charge >= 0.3 is 18.3 Å². The average molecular weight is 419 g/mol. The zero-order valence-corrected chi connectivity index (χ0v) is 14.6. The summed E-state index contributed by atoms with van der Waals surface area (Å²) in [5.41, 5.74) is -3.05. The van der Waals surface area contributed by atoms with E-state index in [-0.39, 0.29) is 12.5 Å². The first-order valence-electron chi connectivity index (χ1n) is 8.20. The van der Waals surface area contributed by atoms with Crippen molar-refractivity contribution in [2.24, 2.45) is 0 Å². The second-order valence-corrected chi connectivity index (χ2v) is 6.24. The van der Waals surface area contributed by atoms with Crippen LogP contribution in [0.3, 0.4) is 0 Å². The number of hydrogen-bond donors (Lipinski definition) is 2. The highest BCUT2D eigenvalue weighted by Gasteiger charge is 2.37. The van der Waals surface area contributed by atoms with Crippen LogP contribution in [-0.2, 0) is 34.8 Å². The molecule has 2 rings (SSSR count). The van der Waals surface area contributed by atoms with Gasteiger partial charge in [0.2, 0.25) is 5.91 Å². The van der Waals surface area contributed by atoms with Gasteiger partial charge < -0.3 is 10.4 Å². The molecule has 0 heterocycles. The number of alkyl halides is 6. The molecule has 1 amide bonds. The lowest BCUT2D eigenvalue weighted by Gasteiger charge is -2.16. The minimum Gasteiger partial charge on any atom is -0.480 e. The first-order valence-corrected chi connectivity index (χ1v) is 8.20. The number of aliphatic carboxylic acids is 1. The van der Waals surface area contributed by atoms with Gasteiger partial charge in [0.15, 0.2) is 0 Å². The van der Waals surface area contributed by atoms with Crippen LogP contribution >= 0.6 is 0 Å². The summed E-state index contributed by atoms with van der Waals surface area (Å²) < 4.78 is 77.3. The van der Waals surface area contributed by atoms with Crippen LogP contribution in [0.5, 0.6) is 0 Å². The van der Waals surface area contributed by atoms with E-state index in [4.69, 9.17) is 0 Å². The predicted octanol–water partition coefficient (Wildman–Crippen LogP) is 4.08. The maximum absolute atomic E-state index is 12.9. The molecule has 0 bridgehead atoms. The Bertz CT molecular complexity index is 845. The number of nitrogens with one attached hydrogen (secondary N) is 1. The van der Waals surface area contributed by atoms with Crippen molar-refractivity contribution in [2.75, 3.05) is 0 Å². The van der Waals surface area contributed by atoms with Crippen LogP contribution in [0.25, 0.3) is 0 Å². The maximum Gasteiger partial charge on any atom is 0.416 e. The molecule has 0 aliphatic rings. The summed E-state index contributed by atoms with van der Waals surface area (Å²) in [6.45, 7) is 0. The van der Waals surface area contributed by atoms with Crippen molar-refractivity contribution in [3.8, 4) is 0 Å². The molecule has 2 aromatic carbocycles. The topological polar surface area (TPSA) is 66.4 Å². The van der Waals surface area contributed by atoms with E-state index in [1.54, 1.807) is 30.3 Å². The SMILES string of the molecule is O=C(Cc1cc(C(F)(F)F)cc(C(F)(F)F)c1)N[C@H](Cc1ccccc1)C(=O)O. The molecular formula is C19H15F6NO3. The molecule has 29 heavy (non-hydrogen) atoms. The molecule has 0 aromatic heterocycles. The molecule has 0 saturated carbocycles. The zero-order chi connectivity index (χ0) is 21.8. The van der Waals surface area contributed by atoms with Gasteiger partial charge in [0.25, 0.3) is 0 Å². The molecule has 4 nitrogen and oxygen atoms in total. The van der Waals surface area contributed by atoms with Gasteiger partial charge in [0, 0.05) is 6.42 Å². The highest BCUT2D eigenvalue weighted by atomic mass is 19.4. The van der Waals surface area contributed by atoms with Crippen molar-refractivity contribution in [1.29, 1.82) is 0 Å². The highest BCUT2D eigenvalue weighted by molar-refractivity contribution is 5.85. The number of rotatable bonds is 6. The van der Waals surface area contributed by atoms with E-state index in [0.717, 1.165) is 0 Å². The lowest BCUT2D eigenvalue weighted by Crippen LogP contribution is -2.43. The Kier molecular flexibility index (Phi) is 6.55. The average Bonchev–Trinajstić information content (AvgIpc) is 2.60. The Morgan fingerprint density at radius 2 is 1.38 bits per heavy atom. The number of carbonyl (C=O) groups is 2. The Morgan fingerprint density at radius 3 is 1.83 bits per heavy atom. The molecule has 0 aliphatic carbocycles. The van der Waals surface area contributed by atoms with E-state index in [1.807, 2.05) is 0 Å². The van der Waals surface area contributed by atoms with E-state index in [1.165, 1.54) is 0 Å². The second kappa shape index (κ2) is 8.54. The van der Waals surface area contributed by atoms with Gasteiger partial charge in [-0.05, 0) is 29.3 Å². The lowest BCUT2D eigenvalue weighted by molar-refractivity contribution is -0.143. The van der Waals surface area contributed by atoms with Crippen LogP contribution in [0.2, 0.25) is 0 Å². The van der Waals surface area contributed by atoms with E-state index in [9.17, 15) is 41.0 Å². The molecular weight excluding hydrogens is 404 g/mol. The Hall–Kier alpha value is -3.04. The zero-order valence-electron chi connectivity index (χ0n) is 14.6. The Labute approximate surface area is 161 Å². The standard InChI is InChI=1S/C19H15F6NO3/c20-18(21,22)13-6-12(7-14(10-13)19(23,24)25)9-16(27)26-15(17(28)29)8-11-4-2-1-3-5-11/h1-7,10,15H,8-9H2,(H,26,27)(H,28,29)/t15-/m1/s1. The Morgan fingerprint density at radius 1 is 0.862 bits per heavy atom. The minimum atomic E-state index is -5.04. The monoisotopic (exact) mass is 419 g/mol. The number of halogens is 6. The molecule has 10 heteroatoms. The summed E-state index contributed by atoms with van der Waals surface area (Å²) in [6.07, 6.45) is -11.0. The van der Waals surface area contributed by atoms with Crippen LogP contribution in [0.1, 0.15) is 22.3 Å². The second-order valence-electron chi connectivity index (χ2n) is 6.24. The lowest BCUT2D eigenvalue weighted by atomic mass is 10.0. The number of carboxylic acid groups (broad SMARTS) is 1. The third kappa shape index (κ3) is 6.51. The molecule has 1 atom stereocenters. The number of benzene rings is 2. The van der Waals surface area contributed by atoms with E-state index in [0.29, 0.717) is 17.7 Å². The van der Waals surface area contributed by atoms with Crippen molar-refractivity contribution < 1.29 is 41.0 Å². The third-order valence-corrected chi connectivity index (χ3v) is 3.93. The number of hydrogen-bond acceptors (Lipinski definition) is 2. The van der Waals surface area contributed by atoms with Crippen molar-refractivity contribution in [1.82, 2.24) is 5.32 Å². The normalized spacial score (nSPS) is 13.0. The van der Waals surface area contributed by atoms with E-state index >= 15 is 0 Å². The van der Waals surface area contributed by atoms with Gasteiger partial charge in [-0.15, -0.1) is 0 Å². The van der Waals surface area contributed by atoms with Crippen LogP contribution in [0, 0.1) is 0 Å². The van der Waals surface area contributed by atoms with Crippen LogP contribution in [0.15, 0.2) is 48.5 Å². The quantitative estimate of drug-likeness (QED) is 0.694. The summed E-state index contributed by atoms with van der Waals surface area (Å²) in [5, 5.41) is 11.4. The van der Waals surface area contributed by atoms with Crippen LogP contribution in [0.4, 0.5) is 26.3 Å². The summed E-state index contributed by atoms with van der Waals surface area (Å²) in [7, 11) is 0. The fraction of sp³-hybridized carbons (Fsp3) is 0.263. The molecule has 0 aliphatic heterocycles. The first kappa shape index (κ1) is 22.3. The molecule has 2 aromatic rings. The third-order valence-electron chi connectivity index (χ3n) is 3.93. The molecule has 156 valence electrons. The van der Waals surface area contributed by atoms with Gasteiger partial charge in [-0.25, -0.2) is 4.79 Å². The summed E-state index contributed by atoms with van der Waals surface area (Å²) in [6, 6.07) is 7.66. The number of carbonyl (C=O) groups excluding carboxylic acids is 1. The summed E-state index contributed by atoms with van der Waals surface area (Å²) in [5.74, 6) is -2.40. The largest absolute Gasteiger partial charge is 0.480 e. The predicted molar refractivity (Wildman–Crippen MR) is 89.9 cm³/mol. The first-order chi connectivity index (χ1) is 13.4. The van der Waals surface area contributed by atoms with Crippen molar-refractivity contribution in [3.63, 3.8) is 0 Å². The number of carboxylic acids is 1. The summed E-state index contributed by atoms with van der Waals surface area (Å²) in [4.78, 5) is 23.5. The summed E-state index contributed by atoms with van der Waals surface area (Å²) >= 11 is 0. The number of amides is 1. The molecule has 0 unspecified atom stereocenters. The molecule has 0 radical (unpaired) electrons. The van der Waals surface area contributed by atoms with Gasteiger partial charge in [0.1, 0.15) is 6.04 Å². The van der Waals surface area contributed by atoms with Gasteiger partial charge in [0.05, 0.1) is 17.5 Å². The van der Waals surface area contributed by atoms with Crippen LogP contribution in [-0.4, -0.2) is 23.0 Å². The minimum absolute atomic E-state index is 0.0448. The van der Waals surface area contributed by atoms with Gasteiger partial charge in [-0.3, -0.25) is 4.79 Å². The molecule has 0 spiro atoms. The smallest absolute Gasteiger partial charge is 0.416 e. The van der Waals surface area contributed by atoms with Crippen LogP contribution < -0.4 is 5.32 Å². The highest BCUT2D eigenvalue weighted by Crippen LogP contribution is 2.36. The van der Waals surface area contributed by atoms with Gasteiger partial charge in [-0.2, -0.15) is 26.3 Å². The van der Waals surface area contributed by atoms with Crippen molar-refractivity contribution in [2.45, 2.75) is 31.2 Å².